The zero-order valence-electron chi connectivity index (χ0n) is 15.8. The summed E-state index contributed by atoms with van der Waals surface area (Å²) in [5.41, 5.74) is 2.12. The van der Waals surface area contributed by atoms with Crippen molar-refractivity contribution in [2.75, 3.05) is 38.6 Å². The van der Waals surface area contributed by atoms with Crippen molar-refractivity contribution in [2.45, 2.75) is 19.8 Å². The molecule has 1 aliphatic heterocycles. The van der Waals surface area contributed by atoms with Gasteiger partial charge in [0.15, 0.2) is 0 Å². The SMILES string of the molecule is COc1cccc(-c2noc3ncnc(NCCN4CCC(C)CC4)c23)c1. The number of rotatable bonds is 6. The predicted molar refractivity (Wildman–Crippen MR) is 105 cm³/mol. The molecule has 0 amide bonds. The van der Waals surface area contributed by atoms with Gasteiger partial charge in [-0.2, -0.15) is 4.98 Å². The van der Waals surface area contributed by atoms with E-state index in [1.165, 1.54) is 32.3 Å². The van der Waals surface area contributed by atoms with Gasteiger partial charge in [0, 0.05) is 18.7 Å². The van der Waals surface area contributed by atoms with E-state index in [-0.39, 0.29) is 0 Å². The average molecular weight is 367 g/mol. The van der Waals surface area contributed by atoms with E-state index in [0.29, 0.717) is 5.71 Å². The Morgan fingerprint density at radius 1 is 1.26 bits per heavy atom. The van der Waals surface area contributed by atoms with Gasteiger partial charge in [0.25, 0.3) is 5.71 Å². The highest BCUT2D eigenvalue weighted by Crippen LogP contribution is 2.32. The van der Waals surface area contributed by atoms with Crippen molar-refractivity contribution in [3.8, 4) is 17.0 Å². The number of aromatic nitrogens is 3. The van der Waals surface area contributed by atoms with Crippen LogP contribution in [-0.4, -0.2) is 53.3 Å². The number of ether oxygens (including phenoxy) is 1. The predicted octanol–water partition coefficient (Wildman–Crippen LogP) is 3.44. The van der Waals surface area contributed by atoms with Crippen LogP contribution in [0, 0.1) is 5.92 Å². The minimum Gasteiger partial charge on any atom is -0.497 e. The number of hydrogen-bond acceptors (Lipinski definition) is 7. The zero-order valence-corrected chi connectivity index (χ0v) is 15.8. The Balaban J connectivity index is 1.53. The average Bonchev–Trinajstić information content (AvgIpc) is 3.15. The van der Waals surface area contributed by atoms with Crippen molar-refractivity contribution in [3.05, 3.63) is 30.6 Å². The Kier molecular flexibility index (Phi) is 5.20. The summed E-state index contributed by atoms with van der Waals surface area (Å²) in [5, 5.41) is 8.48. The molecule has 0 radical (unpaired) electrons. The molecule has 27 heavy (non-hydrogen) atoms. The van der Waals surface area contributed by atoms with Gasteiger partial charge in [0.05, 0.1) is 7.11 Å². The van der Waals surface area contributed by atoms with E-state index in [9.17, 15) is 0 Å². The summed E-state index contributed by atoms with van der Waals surface area (Å²) in [6.45, 7) is 6.50. The molecule has 142 valence electrons. The number of methoxy groups -OCH3 is 1. The van der Waals surface area contributed by atoms with Gasteiger partial charge < -0.3 is 19.5 Å². The van der Waals surface area contributed by atoms with Crippen LogP contribution in [0.25, 0.3) is 22.4 Å². The first-order valence-corrected chi connectivity index (χ1v) is 9.45. The van der Waals surface area contributed by atoms with Crippen LogP contribution in [0.5, 0.6) is 5.75 Å². The number of likely N-dealkylation sites (tertiary alicyclic amines) is 1. The summed E-state index contributed by atoms with van der Waals surface area (Å²) in [5.74, 6) is 2.37. The fourth-order valence-corrected chi connectivity index (χ4v) is 3.51. The highest BCUT2D eigenvalue weighted by atomic mass is 16.5. The zero-order chi connectivity index (χ0) is 18.6. The van der Waals surface area contributed by atoms with Gasteiger partial charge in [-0.15, -0.1) is 0 Å². The first-order chi connectivity index (χ1) is 13.2. The Bertz CT molecular complexity index is 902. The standard InChI is InChI=1S/C20H25N5O2/c1-14-6-9-25(10-7-14)11-8-21-19-17-18(24-27-20(17)23-13-22-19)15-4-3-5-16(12-15)26-2/h3-5,12-14H,6-11H2,1-2H3,(H,21,22,23). The van der Waals surface area contributed by atoms with Gasteiger partial charge in [-0.05, 0) is 44.0 Å². The number of fused-ring (bicyclic) bond motifs is 1. The molecule has 0 spiro atoms. The van der Waals surface area contributed by atoms with Crippen molar-refractivity contribution in [1.29, 1.82) is 0 Å². The highest BCUT2D eigenvalue weighted by Gasteiger charge is 2.18. The summed E-state index contributed by atoms with van der Waals surface area (Å²) in [4.78, 5) is 11.1. The second kappa shape index (κ2) is 7.92. The molecule has 0 unspecified atom stereocenters. The van der Waals surface area contributed by atoms with Crippen molar-refractivity contribution < 1.29 is 9.26 Å². The second-order valence-corrected chi connectivity index (χ2v) is 7.12. The first-order valence-electron chi connectivity index (χ1n) is 9.45. The smallest absolute Gasteiger partial charge is 0.263 e. The van der Waals surface area contributed by atoms with Crippen LogP contribution in [-0.2, 0) is 0 Å². The Labute approximate surface area is 158 Å². The number of nitrogens with one attached hydrogen (secondary N) is 1. The summed E-state index contributed by atoms with van der Waals surface area (Å²) in [6, 6.07) is 7.75. The third-order valence-electron chi connectivity index (χ3n) is 5.21. The molecule has 0 aliphatic carbocycles. The van der Waals surface area contributed by atoms with E-state index in [1.807, 2.05) is 24.3 Å². The summed E-state index contributed by atoms with van der Waals surface area (Å²) in [6.07, 6.45) is 4.07. The quantitative estimate of drug-likeness (QED) is 0.715. The lowest BCUT2D eigenvalue weighted by Crippen LogP contribution is -2.36. The molecule has 0 bridgehead atoms. The van der Waals surface area contributed by atoms with Crippen LogP contribution in [0.1, 0.15) is 19.8 Å². The van der Waals surface area contributed by atoms with E-state index < -0.39 is 0 Å². The topological polar surface area (TPSA) is 76.3 Å². The number of hydrogen-bond donors (Lipinski definition) is 1. The van der Waals surface area contributed by atoms with Crippen LogP contribution in [0.15, 0.2) is 35.1 Å². The number of benzene rings is 1. The van der Waals surface area contributed by atoms with Crippen LogP contribution in [0.3, 0.4) is 0 Å². The van der Waals surface area contributed by atoms with E-state index in [1.54, 1.807) is 7.11 Å². The summed E-state index contributed by atoms with van der Waals surface area (Å²) >= 11 is 0. The summed E-state index contributed by atoms with van der Waals surface area (Å²) < 4.78 is 10.8. The highest BCUT2D eigenvalue weighted by molar-refractivity contribution is 5.97. The normalized spacial score (nSPS) is 15.9. The maximum atomic E-state index is 5.43. The maximum absolute atomic E-state index is 5.43. The molecular weight excluding hydrogens is 342 g/mol. The third-order valence-corrected chi connectivity index (χ3v) is 5.21. The second-order valence-electron chi connectivity index (χ2n) is 7.12. The van der Waals surface area contributed by atoms with E-state index in [0.717, 1.165) is 47.2 Å². The molecule has 2 aromatic heterocycles. The molecule has 4 rings (SSSR count). The molecule has 0 saturated carbocycles. The molecular formula is C20H25N5O2. The minimum absolute atomic E-state index is 0.483. The van der Waals surface area contributed by atoms with E-state index >= 15 is 0 Å². The Morgan fingerprint density at radius 3 is 2.93 bits per heavy atom. The number of piperidine rings is 1. The number of anilines is 1. The molecule has 1 aliphatic rings. The van der Waals surface area contributed by atoms with Gasteiger partial charge >= 0.3 is 0 Å². The molecule has 7 nitrogen and oxygen atoms in total. The molecule has 1 aromatic carbocycles. The van der Waals surface area contributed by atoms with Gasteiger partial charge in [0.1, 0.15) is 29.0 Å². The largest absolute Gasteiger partial charge is 0.497 e. The lowest BCUT2D eigenvalue weighted by molar-refractivity contribution is 0.199. The van der Waals surface area contributed by atoms with Crippen LogP contribution >= 0.6 is 0 Å². The lowest BCUT2D eigenvalue weighted by Gasteiger charge is -2.30. The van der Waals surface area contributed by atoms with E-state index in [2.05, 4.69) is 32.3 Å². The van der Waals surface area contributed by atoms with Gasteiger partial charge in [0.2, 0.25) is 0 Å². The molecule has 1 fully saturated rings. The van der Waals surface area contributed by atoms with Gasteiger partial charge in [-0.1, -0.05) is 24.2 Å². The van der Waals surface area contributed by atoms with Crippen molar-refractivity contribution in [2.24, 2.45) is 5.92 Å². The van der Waals surface area contributed by atoms with Crippen molar-refractivity contribution in [1.82, 2.24) is 20.0 Å². The Hall–Kier alpha value is -2.67. The molecule has 0 atom stereocenters. The fourth-order valence-electron chi connectivity index (χ4n) is 3.51. The van der Waals surface area contributed by atoms with Gasteiger partial charge in [-0.25, -0.2) is 4.98 Å². The van der Waals surface area contributed by atoms with Crippen LogP contribution < -0.4 is 10.1 Å². The molecule has 1 N–H and O–H groups in total. The maximum Gasteiger partial charge on any atom is 0.263 e. The first kappa shape index (κ1) is 17.7. The molecule has 1 saturated heterocycles. The lowest BCUT2D eigenvalue weighted by atomic mass is 9.99. The molecule has 7 heteroatoms. The van der Waals surface area contributed by atoms with Crippen molar-refractivity contribution in [3.63, 3.8) is 0 Å². The minimum atomic E-state index is 0.483. The van der Waals surface area contributed by atoms with Crippen molar-refractivity contribution >= 4 is 16.9 Å². The molecule has 3 aromatic rings. The van der Waals surface area contributed by atoms with Gasteiger partial charge in [-0.3, -0.25) is 0 Å². The van der Waals surface area contributed by atoms with Crippen LogP contribution in [0.4, 0.5) is 5.82 Å². The number of nitrogens with zero attached hydrogens (tertiary/aromatic N) is 4. The van der Waals surface area contributed by atoms with Crippen LogP contribution in [0.2, 0.25) is 0 Å². The monoisotopic (exact) mass is 367 g/mol. The Morgan fingerprint density at radius 2 is 2.11 bits per heavy atom. The fraction of sp³-hybridized carbons (Fsp3) is 0.450. The summed E-state index contributed by atoms with van der Waals surface area (Å²) in [7, 11) is 1.65. The molecule has 3 heterocycles. The van der Waals surface area contributed by atoms with E-state index in [4.69, 9.17) is 9.26 Å². The third kappa shape index (κ3) is 3.88.